The van der Waals surface area contributed by atoms with E-state index in [4.69, 9.17) is 4.74 Å². The van der Waals surface area contributed by atoms with E-state index >= 15 is 0 Å². The van der Waals surface area contributed by atoms with E-state index in [9.17, 15) is 9.59 Å². The van der Waals surface area contributed by atoms with Crippen LogP contribution in [-0.2, 0) is 9.59 Å². The van der Waals surface area contributed by atoms with Gasteiger partial charge in [-0.05, 0) is 50.0 Å². The van der Waals surface area contributed by atoms with Crippen LogP contribution in [0.2, 0.25) is 0 Å². The van der Waals surface area contributed by atoms with Crippen molar-refractivity contribution in [2.24, 2.45) is 11.8 Å². The highest BCUT2D eigenvalue weighted by molar-refractivity contribution is 5.90. The minimum absolute atomic E-state index is 0. The number of benzene rings is 1. The van der Waals surface area contributed by atoms with E-state index in [1.165, 1.54) is 0 Å². The minimum atomic E-state index is -0.300. The first kappa shape index (κ1) is 23.5. The van der Waals surface area contributed by atoms with Crippen LogP contribution in [0.15, 0.2) is 24.3 Å². The molecule has 162 valence electrons. The van der Waals surface area contributed by atoms with Gasteiger partial charge in [0.15, 0.2) is 0 Å². The number of hydrogen-bond acceptors (Lipinski definition) is 4. The maximum atomic E-state index is 13.4. The van der Waals surface area contributed by atoms with Gasteiger partial charge in [-0.15, -0.1) is 12.4 Å². The summed E-state index contributed by atoms with van der Waals surface area (Å²) >= 11 is 0. The average Bonchev–Trinajstić information content (AvgIpc) is 3.31. The topological polar surface area (TPSA) is 61.9 Å². The molecule has 3 unspecified atom stereocenters. The van der Waals surface area contributed by atoms with Crippen LogP contribution >= 0.6 is 12.4 Å². The summed E-state index contributed by atoms with van der Waals surface area (Å²) in [7, 11) is 3.59. The summed E-state index contributed by atoms with van der Waals surface area (Å²) in [6.07, 6.45) is 3.31. The van der Waals surface area contributed by atoms with Crippen molar-refractivity contribution in [3.8, 4) is 5.75 Å². The molecule has 2 aliphatic rings. The summed E-state index contributed by atoms with van der Waals surface area (Å²) in [6.45, 7) is 5.34. The van der Waals surface area contributed by atoms with Crippen LogP contribution in [0.5, 0.6) is 5.75 Å². The third kappa shape index (κ3) is 5.23. The molecule has 0 aromatic heterocycles. The van der Waals surface area contributed by atoms with E-state index in [1.54, 1.807) is 7.11 Å². The molecule has 6 nitrogen and oxygen atoms in total. The quantitative estimate of drug-likeness (QED) is 0.698. The number of rotatable bonds is 8. The smallest absolute Gasteiger partial charge is 0.228 e. The number of carbonyl (C=O) groups excluding carboxylic acids is 2. The van der Waals surface area contributed by atoms with Crippen molar-refractivity contribution in [3.63, 3.8) is 0 Å². The van der Waals surface area contributed by atoms with Crippen molar-refractivity contribution >= 4 is 24.2 Å². The van der Waals surface area contributed by atoms with Gasteiger partial charge >= 0.3 is 0 Å². The Labute approximate surface area is 180 Å². The number of hydrogen-bond donors (Lipinski definition) is 1. The summed E-state index contributed by atoms with van der Waals surface area (Å²) in [5.74, 6) is 1.21. The third-order valence-electron chi connectivity index (χ3n) is 6.05. The Morgan fingerprint density at radius 1 is 1.28 bits per heavy atom. The van der Waals surface area contributed by atoms with Crippen LogP contribution in [0.3, 0.4) is 0 Å². The first-order valence-electron chi connectivity index (χ1n) is 10.5. The van der Waals surface area contributed by atoms with Gasteiger partial charge in [0.2, 0.25) is 11.8 Å². The molecule has 0 bridgehead atoms. The lowest BCUT2D eigenvalue weighted by molar-refractivity contribution is -0.135. The molecule has 2 heterocycles. The number of methoxy groups -OCH3 is 1. The molecule has 1 aromatic carbocycles. The molecular formula is C22H34ClN3O3. The molecule has 3 rings (SSSR count). The summed E-state index contributed by atoms with van der Waals surface area (Å²) in [5, 5.41) is 3.21. The fourth-order valence-electron chi connectivity index (χ4n) is 4.54. The average molecular weight is 424 g/mol. The van der Waals surface area contributed by atoms with Crippen molar-refractivity contribution in [2.45, 2.75) is 38.6 Å². The number of nitrogens with zero attached hydrogens (tertiary/aromatic N) is 2. The second kappa shape index (κ2) is 10.8. The number of amides is 2. The normalized spacial score (nSPS) is 24.0. The molecule has 0 radical (unpaired) electrons. The molecule has 29 heavy (non-hydrogen) atoms. The number of carbonyl (C=O) groups is 2. The summed E-state index contributed by atoms with van der Waals surface area (Å²) in [4.78, 5) is 30.1. The Balaban J connectivity index is 0.00000300. The van der Waals surface area contributed by atoms with E-state index in [2.05, 4.69) is 12.2 Å². The van der Waals surface area contributed by atoms with Gasteiger partial charge in [-0.3, -0.25) is 9.59 Å². The molecule has 0 aliphatic carbocycles. The van der Waals surface area contributed by atoms with Crippen molar-refractivity contribution in [2.75, 3.05) is 40.3 Å². The SMILES string of the molecule is CCCCN1C(=O)CC(C(=O)N2CCC(CNC)C2)C1c1ccc(OC)cc1.Cl. The molecule has 2 amide bonds. The lowest BCUT2D eigenvalue weighted by Gasteiger charge is -2.30. The monoisotopic (exact) mass is 423 g/mol. The van der Waals surface area contributed by atoms with E-state index in [-0.39, 0.29) is 36.2 Å². The highest BCUT2D eigenvalue weighted by atomic mass is 35.5. The Morgan fingerprint density at radius 2 is 2.00 bits per heavy atom. The molecule has 2 aliphatic heterocycles. The van der Waals surface area contributed by atoms with Gasteiger partial charge in [0.25, 0.3) is 0 Å². The predicted molar refractivity (Wildman–Crippen MR) is 116 cm³/mol. The van der Waals surface area contributed by atoms with Gasteiger partial charge in [0.1, 0.15) is 5.75 Å². The molecule has 2 fully saturated rings. The summed E-state index contributed by atoms with van der Waals surface area (Å²) < 4.78 is 5.27. The Kier molecular flexibility index (Phi) is 8.78. The fourth-order valence-corrected chi connectivity index (χ4v) is 4.54. The molecule has 1 aromatic rings. The van der Waals surface area contributed by atoms with Gasteiger partial charge < -0.3 is 19.9 Å². The number of nitrogens with one attached hydrogen (secondary N) is 1. The number of halogens is 1. The summed E-state index contributed by atoms with van der Waals surface area (Å²) in [6, 6.07) is 7.64. The zero-order chi connectivity index (χ0) is 20.1. The zero-order valence-corrected chi connectivity index (χ0v) is 18.5. The molecular weight excluding hydrogens is 390 g/mol. The van der Waals surface area contributed by atoms with Gasteiger partial charge in [-0.1, -0.05) is 25.5 Å². The highest BCUT2D eigenvalue weighted by Gasteiger charge is 2.46. The molecule has 2 saturated heterocycles. The summed E-state index contributed by atoms with van der Waals surface area (Å²) in [5.41, 5.74) is 1.02. The van der Waals surface area contributed by atoms with Crippen LogP contribution in [-0.4, -0.2) is 62.0 Å². The van der Waals surface area contributed by atoms with E-state index in [0.717, 1.165) is 50.2 Å². The minimum Gasteiger partial charge on any atom is -0.497 e. The van der Waals surface area contributed by atoms with Crippen LogP contribution in [0.25, 0.3) is 0 Å². The first-order valence-corrected chi connectivity index (χ1v) is 10.5. The lowest BCUT2D eigenvalue weighted by atomic mass is 9.92. The largest absolute Gasteiger partial charge is 0.497 e. The van der Waals surface area contributed by atoms with Gasteiger partial charge in [-0.2, -0.15) is 0 Å². The molecule has 1 N–H and O–H groups in total. The van der Waals surface area contributed by atoms with E-state index < -0.39 is 0 Å². The predicted octanol–water partition coefficient (Wildman–Crippen LogP) is 2.87. The lowest BCUT2D eigenvalue weighted by Crippen LogP contribution is -2.38. The highest BCUT2D eigenvalue weighted by Crippen LogP contribution is 2.40. The number of likely N-dealkylation sites (tertiary alicyclic amines) is 2. The van der Waals surface area contributed by atoms with Gasteiger partial charge in [0, 0.05) is 26.1 Å². The number of ether oxygens (including phenoxy) is 1. The van der Waals surface area contributed by atoms with Crippen LogP contribution < -0.4 is 10.1 Å². The van der Waals surface area contributed by atoms with E-state index in [0.29, 0.717) is 18.9 Å². The van der Waals surface area contributed by atoms with Crippen LogP contribution in [0, 0.1) is 11.8 Å². The first-order chi connectivity index (χ1) is 13.6. The second-order valence-corrected chi connectivity index (χ2v) is 7.97. The van der Waals surface area contributed by atoms with Gasteiger partial charge in [-0.25, -0.2) is 0 Å². The Morgan fingerprint density at radius 3 is 2.62 bits per heavy atom. The Bertz CT molecular complexity index is 682. The van der Waals surface area contributed by atoms with E-state index in [1.807, 2.05) is 41.1 Å². The standard InChI is InChI=1S/C22H33N3O3.ClH/c1-4-5-11-25-20(26)13-19(21(25)17-6-8-18(28-3)9-7-17)22(27)24-12-10-16(15-24)14-23-2;/h6-9,16,19,21,23H,4-5,10-15H2,1-3H3;1H. The van der Waals surface area contributed by atoms with Crippen molar-refractivity contribution < 1.29 is 14.3 Å². The van der Waals surface area contributed by atoms with Crippen LogP contribution in [0.4, 0.5) is 0 Å². The van der Waals surface area contributed by atoms with Crippen molar-refractivity contribution in [1.29, 1.82) is 0 Å². The van der Waals surface area contributed by atoms with Crippen molar-refractivity contribution in [1.82, 2.24) is 15.1 Å². The fraction of sp³-hybridized carbons (Fsp3) is 0.636. The zero-order valence-electron chi connectivity index (χ0n) is 17.7. The van der Waals surface area contributed by atoms with Gasteiger partial charge in [0.05, 0.1) is 19.1 Å². The van der Waals surface area contributed by atoms with Crippen LogP contribution in [0.1, 0.15) is 44.2 Å². The second-order valence-electron chi connectivity index (χ2n) is 7.97. The molecule has 0 saturated carbocycles. The van der Waals surface area contributed by atoms with Crippen molar-refractivity contribution in [3.05, 3.63) is 29.8 Å². The Hall–Kier alpha value is -1.79. The third-order valence-corrected chi connectivity index (χ3v) is 6.05. The molecule has 7 heteroatoms. The maximum absolute atomic E-state index is 13.4. The molecule has 0 spiro atoms. The molecule has 3 atom stereocenters. The maximum Gasteiger partial charge on any atom is 0.228 e. The number of unbranched alkanes of at least 4 members (excludes halogenated alkanes) is 1.